The molecule has 18 heavy (non-hydrogen) atoms. The van der Waals surface area contributed by atoms with Crippen molar-refractivity contribution >= 4 is 11.6 Å². The number of likely N-dealkylation sites (N-methyl/N-ethyl adjacent to an activating group) is 1. The Labute approximate surface area is 115 Å². The van der Waals surface area contributed by atoms with Gasteiger partial charge >= 0.3 is 0 Å². The number of benzene rings is 1. The predicted octanol–water partition coefficient (Wildman–Crippen LogP) is 3.30. The summed E-state index contributed by atoms with van der Waals surface area (Å²) in [5.74, 6) is 0. The van der Waals surface area contributed by atoms with E-state index in [9.17, 15) is 0 Å². The molecule has 2 rings (SSSR count). The minimum atomic E-state index is 0.639. The van der Waals surface area contributed by atoms with E-state index in [0.29, 0.717) is 6.04 Å². The molecule has 100 valence electrons. The molecule has 1 atom stereocenters. The van der Waals surface area contributed by atoms with Gasteiger partial charge in [-0.2, -0.15) is 0 Å². The van der Waals surface area contributed by atoms with Crippen LogP contribution in [0.25, 0.3) is 0 Å². The molecular weight excluding hydrogens is 244 g/mol. The molecule has 1 fully saturated rings. The standard InChI is InChI=1S/C15H23ClN2/c1-18(11-13-7-4-5-9-15(13)16)12-14-8-3-2-6-10-17-14/h4-5,7,9,14,17H,2-3,6,8,10-12H2,1H3. The molecule has 0 radical (unpaired) electrons. The lowest BCUT2D eigenvalue weighted by atomic mass is 10.1. The largest absolute Gasteiger partial charge is 0.313 e. The van der Waals surface area contributed by atoms with Crippen LogP contribution in [0.2, 0.25) is 5.02 Å². The van der Waals surface area contributed by atoms with Crippen LogP contribution in [0.4, 0.5) is 0 Å². The molecule has 0 aromatic heterocycles. The molecule has 2 nitrogen and oxygen atoms in total. The second-order valence-corrected chi connectivity index (χ2v) is 5.70. The van der Waals surface area contributed by atoms with Gasteiger partial charge in [0.25, 0.3) is 0 Å². The molecule has 1 heterocycles. The highest BCUT2D eigenvalue weighted by Gasteiger charge is 2.14. The van der Waals surface area contributed by atoms with Crippen LogP contribution in [0.1, 0.15) is 31.2 Å². The van der Waals surface area contributed by atoms with E-state index >= 15 is 0 Å². The molecule has 3 heteroatoms. The molecule has 1 saturated heterocycles. The van der Waals surface area contributed by atoms with Gasteiger partial charge < -0.3 is 10.2 Å². The van der Waals surface area contributed by atoms with E-state index in [1.54, 1.807) is 0 Å². The first kappa shape index (κ1) is 13.9. The third-order valence-corrected chi connectivity index (χ3v) is 3.96. The maximum atomic E-state index is 6.19. The summed E-state index contributed by atoms with van der Waals surface area (Å²) in [7, 11) is 2.18. The molecule has 0 bridgehead atoms. The van der Waals surface area contributed by atoms with E-state index in [0.717, 1.165) is 18.1 Å². The van der Waals surface area contributed by atoms with Crippen molar-refractivity contribution in [1.82, 2.24) is 10.2 Å². The minimum Gasteiger partial charge on any atom is -0.313 e. The fourth-order valence-corrected chi connectivity index (χ4v) is 2.81. The van der Waals surface area contributed by atoms with Gasteiger partial charge in [0.05, 0.1) is 0 Å². The van der Waals surface area contributed by atoms with Crippen molar-refractivity contribution in [1.29, 1.82) is 0 Å². The molecule has 1 aromatic carbocycles. The molecule has 1 aliphatic heterocycles. The maximum Gasteiger partial charge on any atom is 0.0451 e. The molecule has 0 amide bonds. The highest BCUT2D eigenvalue weighted by molar-refractivity contribution is 6.31. The fourth-order valence-electron chi connectivity index (χ4n) is 2.61. The number of hydrogen-bond acceptors (Lipinski definition) is 2. The third-order valence-electron chi connectivity index (χ3n) is 3.59. The first-order chi connectivity index (χ1) is 8.75. The number of hydrogen-bond donors (Lipinski definition) is 1. The molecule has 1 aliphatic rings. The van der Waals surface area contributed by atoms with Crippen molar-refractivity contribution in [2.45, 2.75) is 38.3 Å². The van der Waals surface area contributed by atoms with Gasteiger partial charge in [-0.3, -0.25) is 0 Å². The summed E-state index contributed by atoms with van der Waals surface area (Å²) >= 11 is 6.19. The molecular formula is C15H23ClN2. The molecule has 1 N–H and O–H groups in total. The Bertz CT molecular complexity index is 359. The van der Waals surface area contributed by atoms with E-state index < -0.39 is 0 Å². The number of rotatable bonds is 4. The van der Waals surface area contributed by atoms with Crippen LogP contribution >= 0.6 is 11.6 Å². The van der Waals surface area contributed by atoms with Crippen molar-refractivity contribution in [3.05, 3.63) is 34.9 Å². The summed E-state index contributed by atoms with van der Waals surface area (Å²) in [5, 5.41) is 4.51. The van der Waals surface area contributed by atoms with Crippen LogP contribution < -0.4 is 5.32 Å². The van der Waals surface area contributed by atoms with Gasteiger partial charge in [-0.1, -0.05) is 42.6 Å². The Morgan fingerprint density at radius 3 is 2.94 bits per heavy atom. The van der Waals surface area contributed by atoms with Crippen molar-refractivity contribution in [2.75, 3.05) is 20.1 Å². The lowest BCUT2D eigenvalue weighted by Crippen LogP contribution is -2.38. The van der Waals surface area contributed by atoms with Gasteiger partial charge in [0.2, 0.25) is 0 Å². The van der Waals surface area contributed by atoms with Gasteiger partial charge in [0.1, 0.15) is 0 Å². The zero-order chi connectivity index (χ0) is 12.8. The van der Waals surface area contributed by atoms with Crippen LogP contribution in [0.15, 0.2) is 24.3 Å². The highest BCUT2D eigenvalue weighted by Crippen LogP contribution is 2.17. The molecule has 0 saturated carbocycles. The summed E-state index contributed by atoms with van der Waals surface area (Å²) in [5.41, 5.74) is 1.22. The molecule has 0 aliphatic carbocycles. The monoisotopic (exact) mass is 266 g/mol. The average Bonchev–Trinajstić information content (AvgIpc) is 2.61. The number of halogens is 1. The van der Waals surface area contributed by atoms with Gasteiger partial charge in [-0.05, 0) is 38.1 Å². The zero-order valence-electron chi connectivity index (χ0n) is 11.2. The summed E-state index contributed by atoms with van der Waals surface area (Å²) in [6, 6.07) is 8.76. The van der Waals surface area contributed by atoms with E-state index in [2.05, 4.69) is 29.4 Å². The molecule has 1 aromatic rings. The Kier molecular flexibility index (Phi) is 5.48. The van der Waals surface area contributed by atoms with Crippen LogP contribution in [0.3, 0.4) is 0 Å². The van der Waals surface area contributed by atoms with Crippen LogP contribution in [0.5, 0.6) is 0 Å². The second-order valence-electron chi connectivity index (χ2n) is 5.29. The van der Waals surface area contributed by atoms with Crippen LogP contribution in [-0.2, 0) is 6.54 Å². The lowest BCUT2D eigenvalue weighted by Gasteiger charge is -2.24. The smallest absolute Gasteiger partial charge is 0.0451 e. The highest BCUT2D eigenvalue weighted by atomic mass is 35.5. The van der Waals surface area contributed by atoms with E-state index in [1.807, 2.05) is 12.1 Å². The van der Waals surface area contributed by atoms with E-state index in [-0.39, 0.29) is 0 Å². The topological polar surface area (TPSA) is 15.3 Å². The van der Waals surface area contributed by atoms with Crippen molar-refractivity contribution in [3.63, 3.8) is 0 Å². The number of nitrogens with one attached hydrogen (secondary N) is 1. The van der Waals surface area contributed by atoms with Gasteiger partial charge in [-0.25, -0.2) is 0 Å². The lowest BCUT2D eigenvalue weighted by molar-refractivity contribution is 0.278. The summed E-state index contributed by atoms with van der Waals surface area (Å²) < 4.78 is 0. The van der Waals surface area contributed by atoms with Crippen molar-refractivity contribution in [2.24, 2.45) is 0 Å². The Hall–Kier alpha value is -0.570. The second kappa shape index (κ2) is 7.13. The van der Waals surface area contributed by atoms with Gasteiger partial charge in [0, 0.05) is 24.2 Å². The van der Waals surface area contributed by atoms with E-state index in [4.69, 9.17) is 11.6 Å². The average molecular weight is 267 g/mol. The molecule has 0 spiro atoms. The van der Waals surface area contributed by atoms with Crippen LogP contribution in [-0.4, -0.2) is 31.1 Å². The first-order valence-electron chi connectivity index (χ1n) is 6.91. The SMILES string of the molecule is CN(Cc1ccccc1Cl)CC1CCCCCN1. The Balaban J connectivity index is 1.84. The van der Waals surface area contributed by atoms with Gasteiger partial charge in [-0.15, -0.1) is 0 Å². The quantitative estimate of drug-likeness (QED) is 0.900. The molecule has 1 unspecified atom stereocenters. The normalized spacial score (nSPS) is 20.9. The Morgan fingerprint density at radius 2 is 2.11 bits per heavy atom. The predicted molar refractivity (Wildman–Crippen MR) is 78.0 cm³/mol. The maximum absolute atomic E-state index is 6.19. The van der Waals surface area contributed by atoms with Crippen molar-refractivity contribution in [3.8, 4) is 0 Å². The first-order valence-corrected chi connectivity index (χ1v) is 7.29. The van der Waals surface area contributed by atoms with Crippen LogP contribution in [0, 0.1) is 0 Å². The van der Waals surface area contributed by atoms with E-state index in [1.165, 1.54) is 37.8 Å². The van der Waals surface area contributed by atoms with Crippen molar-refractivity contribution < 1.29 is 0 Å². The summed E-state index contributed by atoms with van der Waals surface area (Å²) in [4.78, 5) is 2.37. The summed E-state index contributed by atoms with van der Waals surface area (Å²) in [6.07, 6.45) is 5.35. The fraction of sp³-hybridized carbons (Fsp3) is 0.600. The Morgan fingerprint density at radius 1 is 1.28 bits per heavy atom. The summed E-state index contributed by atoms with van der Waals surface area (Å²) in [6.45, 7) is 3.20. The zero-order valence-corrected chi connectivity index (χ0v) is 11.9. The third kappa shape index (κ3) is 4.27. The number of nitrogens with zero attached hydrogens (tertiary/aromatic N) is 1. The minimum absolute atomic E-state index is 0.639. The van der Waals surface area contributed by atoms with Gasteiger partial charge in [0.15, 0.2) is 0 Å².